The van der Waals surface area contributed by atoms with Gasteiger partial charge in [-0.25, -0.2) is 4.68 Å². The molecule has 0 N–H and O–H groups in total. The van der Waals surface area contributed by atoms with Crippen molar-refractivity contribution in [2.75, 3.05) is 7.11 Å². The fourth-order valence-corrected chi connectivity index (χ4v) is 2.54. The minimum Gasteiger partial charge on any atom is -0.495 e. The molecule has 112 valence electrons. The highest BCUT2D eigenvalue weighted by Gasteiger charge is 2.05. The number of rotatable bonds is 5. The summed E-state index contributed by atoms with van der Waals surface area (Å²) in [5.74, 6) is 0.695. The number of nitrogens with zero attached hydrogens (tertiary/aromatic N) is 3. The van der Waals surface area contributed by atoms with Crippen LogP contribution in [0.5, 0.6) is 5.75 Å². The van der Waals surface area contributed by atoms with Crippen LogP contribution in [0.15, 0.2) is 54.7 Å². The summed E-state index contributed by atoms with van der Waals surface area (Å²) in [5.41, 5.74) is 3.12. The molecule has 0 amide bonds. The molecule has 0 aliphatic rings. The molecule has 2 aromatic carbocycles. The Hall–Kier alpha value is -2.33. The molecule has 0 saturated carbocycles. The SMILES string of the molecule is COc1ccc(CCc2cn(-c3ccccc3)nn2)cc1Cl. The minimum atomic E-state index is 0.632. The molecule has 0 atom stereocenters. The van der Waals surface area contributed by atoms with Gasteiger partial charge in [-0.1, -0.05) is 41.1 Å². The van der Waals surface area contributed by atoms with Gasteiger partial charge < -0.3 is 4.74 Å². The first-order valence-electron chi connectivity index (χ1n) is 7.05. The van der Waals surface area contributed by atoms with Gasteiger partial charge in [0.05, 0.1) is 29.7 Å². The summed E-state index contributed by atoms with van der Waals surface area (Å²) in [6.45, 7) is 0. The van der Waals surface area contributed by atoms with Crippen LogP contribution in [0.2, 0.25) is 5.02 Å². The summed E-state index contributed by atoms with van der Waals surface area (Å²) >= 11 is 6.14. The van der Waals surface area contributed by atoms with Crippen molar-refractivity contribution in [2.45, 2.75) is 12.8 Å². The Morgan fingerprint density at radius 2 is 1.91 bits per heavy atom. The standard InChI is InChI=1S/C17H16ClN3O/c1-22-17-10-8-13(11-16(17)18)7-9-14-12-21(20-19-14)15-5-3-2-4-6-15/h2-6,8,10-12H,7,9H2,1H3. The first kappa shape index (κ1) is 14.6. The monoisotopic (exact) mass is 313 g/mol. The summed E-state index contributed by atoms with van der Waals surface area (Å²) in [6.07, 6.45) is 3.63. The molecule has 3 rings (SSSR count). The van der Waals surface area contributed by atoms with Crippen LogP contribution in [0.25, 0.3) is 5.69 Å². The second kappa shape index (κ2) is 6.62. The molecule has 0 bridgehead atoms. The predicted molar refractivity (Wildman–Crippen MR) is 86.8 cm³/mol. The van der Waals surface area contributed by atoms with Gasteiger partial charge in [-0.2, -0.15) is 0 Å². The zero-order valence-electron chi connectivity index (χ0n) is 12.2. The fraction of sp³-hybridized carbons (Fsp3) is 0.176. The molecule has 0 spiro atoms. The van der Waals surface area contributed by atoms with Crippen molar-refractivity contribution in [3.05, 3.63) is 71.0 Å². The molecule has 22 heavy (non-hydrogen) atoms. The molecule has 0 radical (unpaired) electrons. The van der Waals surface area contributed by atoms with Crippen molar-refractivity contribution >= 4 is 11.6 Å². The van der Waals surface area contributed by atoms with Crippen molar-refractivity contribution < 1.29 is 4.74 Å². The minimum absolute atomic E-state index is 0.632. The van der Waals surface area contributed by atoms with Crippen molar-refractivity contribution in [1.29, 1.82) is 0 Å². The van der Waals surface area contributed by atoms with Gasteiger partial charge in [0, 0.05) is 0 Å². The van der Waals surface area contributed by atoms with E-state index in [0.717, 1.165) is 29.8 Å². The smallest absolute Gasteiger partial charge is 0.137 e. The van der Waals surface area contributed by atoms with Crippen LogP contribution in [0.1, 0.15) is 11.3 Å². The summed E-state index contributed by atoms with van der Waals surface area (Å²) in [5, 5.41) is 9.02. The average Bonchev–Trinajstić information content (AvgIpc) is 3.03. The van der Waals surface area contributed by atoms with Gasteiger partial charge in [0.25, 0.3) is 0 Å². The Morgan fingerprint density at radius 3 is 2.64 bits per heavy atom. The van der Waals surface area contributed by atoms with E-state index in [1.54, 1.807) is 11.8 Å². The normalized spacial score (nSPS) is 10.6. The number of methoxy groups -OCH3 is 1. The lowest BCUT2D eigenvalue weighted by Gasteiger charge is -2.05. The van der Waals surface area contributed by atoms with Crippen LogP contribution in [0.4, 0.5) is 0 Å². The maximum atomic E-state index is 6.14. The van der Waals surface area contributed by atoms with E-state index in [4.69, 9.17) is 16.3 Å². The second-order valence-electron chi connectivity index (χ2n) is 4.96. The molecule has 0 fully saturated rings. The molecule has 3 aromatic rings. The Balaban J connectivity index is 1.67. The first-order valence-corrected chi connectivity index (χ1v) is 7.43. The number of hydrogen-bond acceptors (Lipinski definition) is 3. The number of benzene rings is 2. The van der Waals surface area contributed by atoms with E-state index in [0.29, 0.717) is 10.8 Å². The van der Waals surface area contributed by atoms with Crippen LogP contribution in [0.3, 0.4) is 0 Å². The maximum absolute atomic E-state index is 6.14. The number of halogens is 1. The molecule has 0 aliphatic carbocycles. The molecule has 0 saturated heterocycles. The quantitative estimate of drug-likeness (QED) is 0.721. The molecular weight excluding hydrogens is 298 g/mol. The Morgan fingerprint density at radius 1 is 1.09 bits per heavy atom. The van der Waals surface area contributed by atoms with Crippen molar-refractivity contribution in [2.24, 2.45) is 0 Å². The Bertz CT molecular complexity index is 756. The predicted octanol–water partition coefficient (Wildman–Crippen LogP) is 3.71. The summed E-state index contributed by atoms with van der Waals surface area (Å²) in [4.78, 5) is 0. The third-order valence-corrected chi connectivity index (χ3v) is 3.74. The van der Waals surface area contributed by atoms with Crippen molar-refractivity contribution in [1.82, 2.24) is 15.0 Å². The van der Waals surface area contributed by atoms with Gasteiger partial charge >= 0.3 is 0 Å². The average molecular weight is 314 g/mol. The van der Waals surface area contributed by atoms with Gasteiger partial charge in [0.15, 0.2) is 0 Å². The van der Waals surface area contributed by atoms with Crippen LogP contribution in [-0.4, -0.2) is 22.1 Å². The number of hydrogen-bond donors (Lipinski definition) is 0. The molecule has 0 unspecified atom stereocenters. The largest absolute Gasteiger partial charge is 0.495 e. The fourth-order valence-electron chi connectivity index (χ4n) is 2.26. The molecular formula is C17H16ClN3O. The van der Waals surface area contributed by atoms with Gasteiger partial charge in [0.1, 0.15) is 5.75 Å². The number of aryl methyl sites for hydroxylation is 2. The molecule has 1 heterocycles. The lowest BCUT2D eigenvalue weighted by molar-refractivity contribution is 0.415. The van der Waals surface area contributed by atoms with E-state index in [-0.39, 0.29) is 0 Å². The van der Waals surface area contributed by atoms with E-state index >= 15 is 0 Å². The highest BCUT2D eigenvalue weighted by atomic mass is 35.5. The van der Waals surface area contributed by atoms with E-state index in [9.17, 15) is 0 Å². The van der Waals surface area contributed by atoms with Gasteiger partial charge in [-0.05, 0) is 42.7 Å². The maximum Gasteiger partial charge on any atom is 0.137 e. The van der Waals surface area contributed by atoms with E-state index in [1.807, 2.05) is 54.7 Å². The van der Waals surface area contributed by atoms with Gasteiger partial charge in [-0.3, -0.25) is 0 Å². The highest BCUT2D eigenvalue weighted by Crippen LogP contribution is 2.25. The number of ether oxygens (including phenoxy) is 1. The van der Waals surface area contributed by atoms with Crippen LogP contribution in [-0.2, 0) is 12.8 Å². The molecule has 0 aliphatic heterocycles. The Kier molecular flexibility index (Phi) is 4.39. The first-order chi connectivity index (χ1) is 10.8. The molecule has 1 aromatic heterocycles. The van der Waals surface area contributed by atoms with Crippen molar-refractivity contribution in [3.63, 3.8) is 0 Å². The lowest BCUT2D eigenvalue weighted by Crippen LogP contribution is -1.93. The van der Waals surface area contributed by atoms with Gasteiger partial charge in [0.2, 0.25) is 0 Å². The van der Waals surface area contributed by atoms with E-state index in [2.05, 4.69) is 10.3 Å². The Labute approximate surface area is 134 Å². The zero-order chi connectivity index (χ0) is 15.4. The number of aromatic nitrogens is 3. The molecule has 5 heteroatoms. The topological polar surface area (TPSA) is 39.9 Å². The van der Waals surface area contributed by atoms with Crippen molar-refractivity contribution in [3.8, 4) is 11.4 Å². The summed E-state index contributed by atoms with van der Waals surface area (Å²) in [6, 6.07) is 15.8. The third kappa shape index (κ3) is 3.28. The molecule has 4 nitrogen and oxygen atoms in total. The van der Waals surface area contributed by atoms with E-state index in [1.165, 1.54) is 0 Å². The van der Waals surface area contributed by atoms with Crippen LogP contribution >= 0.6 is 11.6 Å². The summed E-state index contributed by atoms with van der Waals surface area (Å²) in [7, 11) is 1.61. The zero-order valence-corrected chi connectivity index (χ0v) is 13.0. The third-order valence-electron chi connectivity index (χ3n) is 3.45. The van der Waals surface area contributed by atoms with E-state index < -0.39 is 0 Å². The lowest BCUT2D eigenvalue weighted by atomic mass is 10.1. The second-order valence-corrected chi connectivity index (χ2v) is 5.37. The number of para-hydroxylation sites is 1. The summed E-state index contributed by atoms with van der Waals surface area (Å²) < 4.78 is 6.95. The van der Waals surface area contributed by atoms with Crippen LogP contribution < -0.4 is 4.74 Å². The van der Waals surface area contributed by atoms with Gasteiger partial charge in [-0.15, -0.1) is 5.10 Å². The highest BCUT2D eigenvalue weighted by molar-refractivity contribution is 6.32. The van der Waals surface area contributed by atoms with Crippen LogP contribution in [0, 0.1) is 0 Å².